The number of carbonyl (C=O) groups is 2. The summed E-state index contributed by atoms with van der Waals surface area (Å²) in [6.07, 6.45) is 0. The first-order valence-electron chi connectivity index (χ1n) is 6.73. The summed E-state index contributed by atoms with van der Waals surface area (Å²) in [5.74, 6) is -0.557. The predicted molar refractivity (Wildman–Crippen MR) is 71.8 cm³/mol. The Hall–Kier alpha value is -1.93. The molecular weight excluding hydrogens is 278 g/mol. The zero-order valence-electron chi connectivity index (χ0n) is 12.1. The number of nitrogens with zero attached hydrogens (tertiary/aromatic N) is 3. The van der Waals surface area contributed by atoms with Crippen LogP contribution in [0.5, 0.6) is 0 Å². The van der Waals surface area contributed by atoms with Crippen molar-refractivity contribution in [3.63, 3.8) is 0 Å². The fraction of sp³-hybridized carbons (Fsp3) is 0.615. The van der Waals surface area contributed by atoms with E-state index in [2.05, 4.69) is 5.16 Å². The van der Waals surface area contributed by atoms with Gasteiger partial charge in [0.1, 0.15) is 12.6 Å². The van der Waals surface area contributed by atoms with Gasteiger partial charge < -0.3 is 19.3 Å². The van der Waals surface area contributed by atoms with E-state index < -0.39 is 12.0 Å². The molecule has 1 atom stereocenters. The second kappa shape index (κ2) is 6.68. The number of methoxy groups -OCH3 is 1. The highest BCUT2D eigenvalue weighted by atomic mass is 16.5. The van der Waals surface area contributed by atoms with E-state index in [1.165, 1.54) is 7.11 Å². The highest BCUT2D eigenvalue weighted by Gasteiger charge is 2.28. The Bertz CT molecular complexity index is 508. The van der Waals surface area contributed by atoms with Crippen molar-refractivity contribution in [2.75, 3.05) is 33.3 Å². The molecule has 1 N–H and O–H groups in total. The molecule has 0 aliphatic carbocycles. The fourth-order valence-corrected chi connectivity index (χ4v) is 2.25. The predicted octanol–water partition coefficient (Wildman–Crippen LogP) is 0.0519. The lowest BCUT2D eigenvalue weighted by Crippen LogP contribution is -2.53. The van der Waals surface area contributed by atoms with Gasteiger partial charge in [-0.3, -0.25) is 14.5 Å². The number of hydrogen-bond donors (Lipinski definition) is 1. The molecule has 8 heteroatoms. The number of aromatic nitrogens is 1. The normalized spacial score (nSPS) is 17.7. The number of piperazine rings is 1. The number of carboxylic acids is 1. The molecule has 1 fully saturated rings. The number of amides is 1. The maximum Gasteiger partial charge on any atom is 0.320 e. The summed E-state index contributed by atoms with van der Waals surface area (Å²) in [4.78, 5) is 26.7. The minimum absolute atomic E-state index is 0.205. The Morgan fingerprint density at radius 1 is 1.43 bits per heavy atom. The highest BCUT2D eigenvalue weighted by Crippen LogP contribution is 2.12. The largest absolute Gasteiger partial charge is 0.480 e. The lowest BCUT2D eigenvalue weighted by molar-refractivity contribution is -0.143. The maximum atomic E-state index is 12.3. The molecular formula is C13H19N3O5. The average Bonchev–Trinajstić information content (AvgIpc) is 2.95. The van der Waals surface area contributed by atoms with Crippen LogP contribution in [0, 0.1) is 0 Å². The zero-order valence-corrected chi connectivity index (χ0v) is 12.1. The summed E-state index contributed by atoms with van der Waals surface area (Å²) >= 11 is 0. The highest BCUT2D eigenvalue weighted by molar-refractivity contribution is 5.92. The van der Waals surface area contributed by atoms with E-state index in [-0.39, 0.29) is 18.2 Å². The third kappa shape index (κ3) is 3.59. The van der Waals surface area contributed by atoms with Gasteiger partial charge in [-0.2, -0.15) is 0 Å². The van der Waals surface area contributed by atoms with Crippen LogP contribution in [0.15, 0.2) is 10.6 Å². The van der Waals surface area contributed by atoms with Crippen molar-refractivity contribution in [3.05, 3.63) is 17.5 Å². The summed E-state index contributed by atoms with van der Waals surface area (Å²) in [5, 5.41) is 12.7. The van der Waals surface area contributed by atoms with Gasteiger partial charge in [-0.05, 0) is 6.92 Å². The van der Waals surface area contributed by atoms with E-state index >= 15 is 0 Å². The van der Waals surface area contributed by atoms with Crippen molar-refractivity contribution in [1.82, 2.24) is 15.0 Å². The molecule has 1 unspecified atom stereocenters. The molecule has 0 bridgehead atoms. The minimum Gasteiger partial charge on any atom is -0.480 e. The number of rotatable bonds is 5. The van der Waals surface area contributed by atoms with Crippen LogP contribution in [0.25, 0.3) is 0 Å². The molecule has 1 amide bonds. The van der Waals surface area contributed by atoms with E-state index in [1.54, 1.807) is 17.9 Å². The summed E-state index contributed by atoms with van der Waals surface area (Å²) in [6, 6.07) is 1.03. The molecule has 21 heavy (non-hydrogen) atoms. The van der Waals surface area contributed by atoms with Crippen molar-refractivity contribution in [1.29, 1.82) is 0 Å². The number of ether oxygens (including phenoxy) is 1. The lowest BCUT2D eigenvalue weighted by Gasteiger charge is -2.36. The van der Waals surface area contributed by atoms with E-state index in [1.807, 2.05) is 4.90 Å². The van der Waals surface area contributed by atoms with E-state index in [0.29, 0.717) is 31.9 Å². The van der Waals surface area contributed by atoms with Crippen LogP contribution >= 0.6 is 0 Å². The molecule has 1 aromatic rings. The van der Waals surface area contributed by atoms with Gasteiger partial charge in [-0.1, -0.05) is 5.16 Å². The molecule has 1 aliphatic rings. The topological polar surface area (TPSA) is 96.1 Å². The average molecular weight is 297 g/mol. The molecule has 8 nitrogen and oxygen atoms in total. The maximum absolute atomic E-state index is 12.3. The van der Waals surface area contributed by atoms with E-state index in [0.717, 1.165) is 0 Å². The molecule has 1 aliphatic heterocycles. The molecule has 0 radical (unpaired) electrons. The van der Waals surface area contributed by atoms with Crippen molar-refractivity contribution in [2.45, 2.75) is 19.6 Å². The first-order valence-corrected chi connectivity index (χ1v) is 6.73. The molecule has 1 aromatic heterocycles. The first kappa shape index (κ1) is 15.5. The Kier molecular flexibility index (Phi) is 4.92. The zero-order chi connectivity index (χ0) is 15.4. The van der Waals surface area contributed by atoms with Gasteiger partial charge >= 0.3 is 5.97 Å². The Labute approximate surface area is 122 Å². The molecule has 116 valence electrons. The van der Waals surface area contributed by atoms with E-state index in [9.17, 15) is 9.59 Å². The summed E-state index contributed by atoms with van der Waals surface area (Å²) in [7, 11) is 1.53. The van der Waals surface area contributed by atoms with Crippen molar-refractivity contribution in [3.8, 4) is 0 Å². The second-order valence-corrected chi connectivity index (χ2v) is 4.95. The summed E-state index contributed by atoms with van der Waals surface area (Å²) in [5.41, 5.74) is 0.252. The summed E-state index contributed by atoms with van der Waals surface area (Å²) < 4.78 is 9.91. The monoisotopic (exact) mass is 297 g/mol. The van der Waals surface area contributed by atoms with Gasteiger partial charge in [0.2, 0.25) is 0 Å². The number of aliphatic carboxylic acids is 1. The smallest absolute Gasteiger partial charge is 0.320 e. The molecule has 0 spiro atoms. The van der Waals surface area contributed by atoms with E-state index in [4.69, 9.17) is 14.4 Å². The van der Waals surface area contributed by atoms with Gasteiger partial charge in [0.15, 0.2) is 11.5 Å². The molecule has 1 saturated heterocycles. The quantitative estimate of drug-likeness (QED) is 0.820. The molecule has 0 aromatic carbocycles. The van der Waals surface area contributed by atoms with Crippen LogP contribution in [0.4, 0.5) is 0 Å². The van der Waals surface area contributed by atoms with Crippen molar-refractivity contribution in [2.24, 2.45) is 0 Å². The van der Waals surface area contributed by atoms with Crippen LogP contribution in [-0.4, -0.2) is 71.3 Å². The Morgan fingerprint density at radius 2 is 2.10 bits per heavy atom. The third-order valence-electron chi connectivity index (χ3n) is 3.57. The number of hydrogen-bond acceptors (Lipinski definition) is 6. The molecule has 2 rings (SSSR count). The van der Waals surface area contributed by atoms with Crippen LogP contribution in [0.3, 0.4) is 0 Å². The van der Waals surface area contributed by atoms with Crippen LogP contribution < -0.4 is 0 Å². The molecule has 0 saturated carbocycles. The van der Waals surface area contributed by atoms with Crippen molar-refractivity contribution < 1.29 is 24.0 Å². The van der Waals surface area contributed by atoms with Gasteiger partial charge in [0, 0.05) is 39.4 Å². The SMILES string of the molecule is COCc1cc(C(=O)N2CCN(C(C)C(=O)O)CC2)no1. The fourth-order valence-electron chi connectivity index (χ4n) is 2.25. The Balaban J connectivity index is 1.92. The van der Waals surface area contributed by atoms with Gasteiger partial charge in [-0.15, -0.1) is 0 Å². The van der Waals surface area contributed by atoms with Crippen LogP contribution in [-0.2, 0) is 16.1 Å². The number of carboxylic acid groups (broad SMARTS) is 1. The standard InChI is InChI=1S/C13H19N3O5/c1-9(13(18)19)15-3-5-16(6-4-15)12(17)11-7-10(8-20-2)21-14-11/h7,9H,3-6,8H2,1-2H3,(H,18,19). The second-order valence-electron chi connectivity index (χ2n) is 4.95. The summed E-state index contributed by atoms with van der Waals surface area (Å²) in [6.45, 7) is 3.93. The molecule has 2 heterocycles. The Morgan fingerprint density at radius 3 is 2.67 bits per heavy atom. The van der Waals surface area contributed by atoms with Crippen LogP contribution in [0.1, 0.15) is 23.2 Å². The lowest BCUT2D eigenvalue weighted by atomic mass is 10.2. The van der Waals surface area contributed by atoms with Gasteiger partial charge in [0.25, 0.3) is 5.91 Å². The first-order chi connectivity index (χ1) is 10.0. The number of carbonyl (C=O) groups excluding carboxylic acids is 1. The van der Waals surface area contributed by atoms with Gasteiger partial charge in [-0.25, -0.2) is 0 Å². The van der Waals surface area contributed by atoms with Gasteiger partial charge in [0.05, 0.1) is 0 Å². The minimum atomic E-state index is -0.851. The third-order valence-corrected chi connectivity index (χ3v) is 3.57. The van der Waals surface area contributed by atoms with Crippen LogP contribution in [0.2, 0.25) is 0 Å². The van der Waals surface area contributed by atoms with Crippen molar-refractivity contribution >= 4 is 11.9 Å².